The molecule has 0 unspecified atom stereocenters. The Labute approximate surface area is 98.6 Å². The van der Waals surface area contributed by atoms with E-state index in [-0.39, 0.29) is 6.54 Å². The number of carboxylic acids is 1. The SMILES string of the molecule is O=C(O)Cn1c(Br)nc2cc(Cl)ccc21. The standard InChI is InChI=1S/C9H6BrClN2O2/c10-9-12-6-3-5(11)1-2-7(6)13(9)4-8(14)15/h1-3H,4H2,(H,14,15). The number of aromatic nitrogens is 2. The van der Waals surface area contributed by atoms with Gasteiger partial charge in [0.25, 0.3) is 0 Å². The second-order valence-electron chi connectivity index (χ2n) is 2.99. The average Bonchev–Trinajstić information content (AvgIpc) is 2.41. The van der Waals surface area contributed by atoms with E-state index in [1.807, 2.05) is 0 Å². The van der Waals surface area contributed by atoms with Gasteiger partial charge in [-0.1, -0.05) is 11.6 Å². The third-order valence-electron chi connectivity index (χ3n) is 1.96. The fourth-order valence-electron chi connectivity index (χ4n) is 1.36. The van der Waals surface area contributed by atoms with Gasteiger partial charge < -0.3 is 9.67 Å². The maximum atomic E-state index is 10.6. The highest BCUT2D eigenvalue weighted by atomic mass is 79.9. The van der Waals surface area contributed by atoms with Crippen LogP contribution in [0.5, 0.6) is 0 Å². The lowest BCUT2D eigenvalue weighted by molar-refractivity contribution is -0.137. The van der Waals surface area contributed by atoms with Gasteiger partial charge >= 0.3 is 5.97 Å². The van der Waals surface area contributed by atoms with Crippen molar-refractivity contribution in [3.63, 3.8) is 0 Å². The third kappa shape index (κ3) is 1.98. The zero-order valence-corrected chi connectivity index (χ0v) is 9.79. The highest BCUT2D eigenvalue weighted by Gasteiger charge is 2.11. The summed E-state index contributed by atoms with van der Waals surface area (Å²) in [5.41, 5.74) is 1.42. The molecule has 1 heterocycles. The molecule has 4 nitrogen and oxygen atoms in total. The maximum Gasteiger partial charge on any atom is 0.323 e. The van der Waals surface area contributed by atoms with Crippen LogP contribution in [0.1, 0.15) is 0 Å². The van der Waals surface area contributed by atoms with Crippen LogP contribution in [0.2, 0.25) is 5.02 Å². The van der Waals surface area contributed by atoms with E-state index in [2.05, 4.69) is 20.9 Å². The van der Waals surface area contributed by atoms with E-state index in [1.54, 1.807) is 22.8 Å². The smallest absolute Gasteiger partial charge is 0.323 e. The summed E-state index contributed by atoms with van der Waals surface area (Å²) in [5.74, 6) is -0.912. The molecule has 0 radical (unpaired) electrons. The summed E-state index contributed by atoms with van der Waals surface area (Å²) in [5, 5.41) is 9.31. The van der Waals surface area contributed by atoms with E-state index < -0.39 is 5.97 Å². The van der Waals surface area contributed by atoms with Crippen LogP contribution in [0.25, 0.3) is 11.0 Å². The van der Waals surface area contributed by atoms with Gasteiger partial charge in [0.05, 0.1) is 11.0 Å². The molecule has 1 N–H and O–H groups in total. The van der Waals surface area contributed by atoms with Crippen LogP contribution < -0.4 is 0 Å². The fraction of sp³-hybridized carbons (Fsp3) is 0.111. The molecular weight excluding hydrogens is 283 g/mol. The number of hydrogen-bond donors (Lipinski definition) is 1. The number of nitrogens with zero attached hydrogens (tertiary/aromatic N) is 2. The first-order valence-corrected chi connectivity index (χ1v) is 5.28. The maximum absolute atomic E-state index is 10.6. The molecule has 0 saturated carbocycles. The molecular formula is C9H6BrClN2O2. The molecule has 0 saturated heterocycles. The van der Waals surface area contributed by atoms with E-state index in [0.29, 0.717) is 15.3 Å². The van der Waals surface area contributed by atoms with Gasteiger partial charge in [-0.2, -0.15) is 0 Å². The molecule has 0 atom stereocenters. The summed E-state index contributed by atoms with van der Waals surface area (Å²) in [7, 11) is 0. The van der Waals surface area contributed by atoms with E-state index in [1.165, 1.54) is 0 Å². The third-order valence-corrected chi connectivity index (χ3v) is 2.80. The summed E-state index contributed by atoms with van der Waals surface area (Å²) < 4.78 is 2.05. The molecule has 15 heavy (non-hydrogen) atoms. The first-order chi connectivity index (χ1) is 7.08. The Bertz CT molecular complexity index is 538. The molecule has 1 aromatic heterocycles. The van der Waals surface area contributed by atoms with E-state index in [4.69, 9.17) is 16.7 Å². The Morgan fingerprint density at radius 3 is 3.00 bits per heavy atom. The minimum Gasteiger partial charge on any atom is -0.480 e. The van der Waals surface area contributed by atoms with Crippen LogP contribution in [-0.4, -0.2) is 20.6 Å². The normalized spacial score (nSPS) is 10.8. The number of carbonyl (C=O) groups is 1. The van der Waals surface area contributed by atoms with E-state index >= 15 is 0 Å². The molecule has 0 fully saturated rings. The van der Waals surface area contributed by atoms with E-state index in [0.717, 1.165) is 5.52 Å². The lowest BCUT2D eigenvalue weighted by atomic mass is 10.3. The van der Waals surface area contributed by atoms with Crippen LogP contribution in [0, 0.1) is 0 Å². The van der Waals surface area contributed by atoms with Crippen LogP contribution in [0.4, 0.5) is 0 Å². The zero-order valence-electron chi connectivity index (χ0n) is 7.44. The molecule has 78 valence electrons. The number of imidazole rings is 1. The number of benzene rings is 1. The van der Waals surface area contributed by atoms with Crippen LogP contribution in [0.3, 0.4) is 0 Å². The largest absolute Gasteiger partial charge is 0.480 e. The summed E-state index contributed by atoms with van der Waals surface area (Å²) in [6.45, 7) is -0.126. The Balaban J connectivity index is 2.63. The van der Waals surface area contributed by atoms with Gasteiger partial charge in [-0.3, -0.25) is 4.79 Å². The lowest BCUT2D eigenvalue weighted by Crippen LogP contribution is -2.08. The molecule has 2 aromatic rings. The van der Waals surface area contributed by atoms with Crippen molar-refractivity contribution in [1.82, 2.24) is 9.55 Å². The number of fused-ring (bicyclic) bond motifs is 1. The fourth-order valence-corrected chi connectivity index (χ4v) is 2.03. The Morgan fingerprint density at radius 1 is 1.60 bits per heavy atom. The molecule has 0 bridgehead atoms. The molecule has 6 heteroatoms. The monoisotopic (exact) mass is 288 g/mol. The van der Waals surface area contributed by atoms with Gasteiger partial charge in [0.1, 0.15) is 6.54 Å². The van der Waals surface area contributed by atoms with Gasteiger partial charge in [-0.15, -0.1) is 0 Å². The lowest BCUT2D eigenvalue weighted by Gasteiger charge is -2.00. The topological polar surface area (TPSA) is 55.1 Å². The molecule has 0 amide bonds. The second kappa shape index (κ2) is 3.83. The van der Waals surface area contributed by atoms with Crippen molar-refractivity contribution < 1.29 is 9.90 Å². The molecule has 0 aliphatic rings. The second-order valence-corrected chi connectivity index (χ2v) is 4.14. The molecule has 0 spiro atoms. The van der Waals surface area contributed by atoms with Gasteiger partial charge in [-0.05, 0) is 34.1 Å². The molecule has 0 aliphatic carbocycles. The van der Waals surface area contributed by atoms with Crippen molar-refractivity contribution in [2.75, 3.05) is 0 Å². The Hall–Kier alpha value is -1.07. The Kier molecular flexibility index (Phi) is 2.67. The highest BCUT2D eigenvalue weighted by molar-refractivity contribution is 9.10. The van der Waals surface area contributed by atoms with Crippen molar-refractivity contribution in [3.8, 4) is 0 Å². The Morgan fingerprint density at radius 2 is 2.33 bits per heavy atom. The molecule has 2 rings (SSSR count). The molecule has 0 aliphatic heterocycles. The van der Waals surface area contributed by atoms with Gasteiger partial charge in [0.2, 0.25) is 0 Å². The number of halogens is 2. The molecule has 1 aromatic carbocycles. The van der Waals surface area contributed by atoms with Crippen molar-refractivity contribution in [3.05, 3.63) is 28.0 Å². The van der Waals surface area contributed by atoms with Crippen molar-refractivity contribution in [2.24, 2.45) is 0 Å². The number of aliphatic carboxylic acids is 1. The van der Waals surface area contributed by atoms with Gasteiger partial charge in [0, 0.05) is 5.02 Å². The zero-order chi connectivity index (χ0) is 11.0. The van der Waals surface area contributed by atoms with Crippen molar-refractivity contribution >= 4 is 44.5 Å². The summed E-state index contributed by atoms with van der Waals surface area (Å²) in [6.07, 6.45) is 0. The van der Waals surface area contributed by atoms with Crippen molar-refractivity contribution in [2.45, 2.75) is 6.54 Å². The predicted octanol–water partition coefficient (Wildman–Crippen LogP) is 2.54. The van der Waals surface area contributed by atoms with Crippen LogP contribution >= 0.6 is 27.5 Å². The predicted molar refractivity (Wildman–Crippen MR) is 60.1 cm³/mol. The first kappa shape index (κ1) is 10.4. The number of hydrogen-bond acceptors (Lipinski definition) is 2. The van der Waals surface area contributed by atoms with Crippen LogP contribution in [-0.2, 0) is 11.3 Å². The summed E-state index contributed by atoms with van der Waals surface area (Å²) >= 11 is 9.01. The highest BCUT2D eigenvalue weighted by Crippen LogP contribution is 2.23. The van der Waals surface area contributed by atoms with Crippen LogP contribution in [0.15, 0.2) is 22.9 Å². The van der Waals surface area contributed by atoms with Gasteiger partial charge in [0.15, 0.2) is 4.73 Å². The minimum atomic E-state index is -0.912. The number of carboxylic acid groups (broad SMARTS) is 1. The van der Waals surface area contributed by atoms with Gasteiger partial charge in [-0.25, -0.2) is 4.98 Å². The number of rotatable bonds is 2. The summed E-state index contributed by atoms with van der Waals surface area (Å²) in [6, 6.07) is 5.15. The average molecular weight is 290 g/mol. The van der Waals surface area contributed by atoms with E-state index in [9.17, 15) is 4.79 Å². The quantitative estimate of drug-likeness (QED) is 0.924. The first-order valence-electron chi connectivity index (χ1n) is 4.11. The summed E-state index contributed by atoms with van der Waals surface area (Å²) in [4.78, 5) is 14.8. The minimum absolute atomic E-state index is 0.126. The van der Waals surface area contributed by atoms with Crippen molar-refractivity contribution in [1.29, 1.82) is 0 Å².